The van der Waals surface area contributed by atoms with Gasteiger partial charge in [0.1, 0.15) is 13.6 Å². The smallest absolute Gasteiger partial charge is 1.00 e. The number of rotatable bonds is 7. The van der Waals surface area contributed by atoms with Crippen LogP contribution < -0.4 is 42.5 Å². The van der Waals surface area contributed by atoms with Crippen LogP contribution in [0.3, 0.4) is 0 Å². The molecule has 0 radical (unpaired) electrons. The first-order valence-corrected chi connectivity index (χ1v) is 12.6. The normalized spacial score (nSPS) is 14.6. The molecule has 0 amide bonds. The summed E-state index contributed by atoms with van der Waals surface area (Å²) in [6.45, 7) is 9.39. The van der Waals surface area contributed by atoms with Gasteiger partial charge in [-0.3, -0.25) is 0 Å². The molecule has 7 heteroatoms. The van der Waals surface area contributed by atoms with Gasteiger partial charge >= 0.3 is 19.5 Å². The molecule has 0 saturated carbocycles. The van der Waals surface area contributed by atoms with E-state index >= 15 is 0 Å². The zero-order valence-electron chi connectivity index (χ0n) is 23.5. The summed E-state index contributed by atoms with van der Waals surface area (Å²) in [5.41, 5.74) is 7.86. The Balaban J connectivity index is 0. The molecule has 1 unspecified atom stereocenters. The summed E-state index contributed by atoms with van der Waals surface area (Å²) in [5.74, 6) is 0.500. The Kier molecular flexibility index (Phi) is 20.6. The molecule has 3 nitrogen and oxygen atoms in total. The molecule has 1 atom stereocenters. The molecular weight excluding hydrogens is 674 g/mol. The molecule has 0 spiro atoms. The quantitative estimate of drug-likeness (QED) is 0.184. The van der Waals surface area contributed by atoms with Crippen LogP contribution in [0.1, 0.15) is 36.1 Å². The minimum Gasteiger partial charge on any atom is -1.00 e. The Hall–Kier alpha value is -2.85. The van der Waals surface area contributed by atoms with Crippen molar-refractivity contribution in [1.82, 2.24) is 5.32 Å². The Morgan fingerprint density at radius 2 is 1.00 bits per heavy atom. The number of carbonyl (C=O) groups is 2. The van der Waals surface area contributed by atoms with Crippen LogP contribution in [0, 0.1) is 12.0 Å². The number of halogens is 3. The fourth-order valence-electron chi connectivity index (χ4n) is 4.80. The molecule has 4 aromatic carbocycles. The van der Waals surface area contributed by atoms with Gasteiger partial charge in [-0.25, -0.2) is 0 Å². The fourth-order valence-corrected chi connectivity index (χ4v) is 4.80. The van der Waals surface area contributed by atoms with Crippen molar-refractivity contribution in [3.05, 3.63) is 150 Å². The Morgan fingerprint density at radius 3 is 1.43 bits per heavy atom. The third-order valence-corrected chi connectivity index (χ3v) is 6.36. The minimum atomic E-state index is -0.566. The second-order valence-electron chi connectivity index (χ2n) is 9.24. The third kappa shape index (κ3) is 9.33. The summed E-state index contributed by atoms with van der Waals surface area (Å²) < 4.78 is 0. The number of allylic oxidation sites excluding steroid dienone is 2. The van der Waals surface area contributed by atoms with Crippen molar-refractivity contribution >= 4 is 30.3 Å². The summed E-state index contributed by atoms with van der Waals surface area (Å²) in [5, 5.41) is 3.97. The van der Waals surface area contributed by atoms with E-state index in [1.165, 1.54) is 33.4 Å². The van der Waals surface area contributed by atoms with Crippen LogP contribution in [-0.2, 0) is 34.6 Å². The first-order valence-electron chi connectivity index (χ1n) is 12.6. The molecule has 0 fully saturated rings. The predicted octanol–water partition coefficient (Wildman–Crippen LogP) is -1.72. The van der Waals surface area contributed by atoms with Crippen LogP contribution in [0.15, 0.2) is 121 Å². The molecule has 4 aromatic rings. The zero-order valence-corrected chi connectivity index (χ0v) is 27.6. The molecule has 1 aliphatic rings. The molecule has 42 heavy (non-hydrogen) atoms. The van der Waals surface area contributed by atoms with Gasteiger partial charge in [-0.2, -0.15) is 11.6 Å². The van der Waals surface area contributed by atoms with Gasteiger partial charge in [-0.05, 0) is 23.6 Å². The second kappa shape index (κ2) is 20.9. The van der Waals surface area contributed by atoms with Crippen molar-refractivity contribution in [3.63, 3.8) is 0 Å². The topological polar surface area (TPSA) is 46.2 Å². The predicted molar refractivity (Wildman–Crippen MR) is 158 cm³/mol. The van der Waals surface area contributed by atoms with Gasteiger partial charge in [-0.15, -0.1) is 23.3 Å². The zero-order chi connectivity index (χ0) is 27.4. The average Bonchev–Trinajstić information content (AvgIpc) is 3.36. The molecule has 0 aliphatic heterocycles. The summed E-state index contributed by atoms with van der Waals surface area (Å²) >= 11 is 0. The van der Waals surface area contributed by atoms with Crippen LogP contribution in [-0.4, -0.2) is 20.1 Å². The standard InChI is InChI=1S/C33H30N.2CH2O.3ClH.Ru/c1-25(2)24-34-33(29-21-13-6-14-22-29)23-30(26-15-7-3-8-16-26)31(27-17-9-4-10-18-27)32(33)28-19-11-5-12-20-28;2*1-2;;;;/h3-22,25,34H,24H2,1-2H3;2*1H2;3*1H;/q-1;;;;;;+4/p-3. The number of nitrogens with one attached hydrogen (secondary N) is 1. The van der Waals surface area contributed by atoms with Gasteiger partial charge in [0.05, 0.1) is 0 Å². The van der Waals surface area contributed by atoms with Crippen LogP contribution in [0.25, 0.3) is 16.7 Å². The fraction of sp³-hybridized carbons (Fsp3) is 0.143. The van der Waals surface area contributed by atoms with Crippen LogP contribution >= 0.6 is 0 Å². The van der Waals surface area contributed by atoms with Crippen molar-refractivity contribution in [2.45, 2.75) is 19.4 Å². The van der Waals surface area contributed by atoms with Crippen molar-refractivity contribution in [1.29, 1.82) is 0 Å². The van der Waals surface area contributed by atoms with E-state index in [-0.39, 0.29) is 56.7 Å². The van der Waals surface area contributed by atoms with Crippen molar-refractivity contribution in [2.75, 3.05) is 6.54 Å². The number of hydrogen-bond donors (Lipinski definition) is 1. The van der Waals surface area contributed by atoms with Crippen molar-refractivity contribution in [2.24, 2.45) is 5.92 Å². The van der Waals surface area contributed by atoms with E-state index in [4.69, 9.17) is 9.59 Å². The van der Waals surface area contributed by atoms with Crippen molar-refractivity contribution in [3.8, 4) is 0 Å². The Labute approximate surface area is 281 Å². The molecule has 1 aliphatic carbocycles. The van der Waals surface area contributed by atoms with E-state index in [9.17, 15) is 0 Å². The van der Waals surface area contributed by atoms with Gasteiger partial charge in [-0.1, -0.05) is 134 Å². The van der Waals surface area contributed by atoms with Crippen LogP contribution in [0.2, 0.25) is 0 Å². The van der Waals surface area contributed by atoms with E-state index < -0.39 is 5.54 Å². The first kappa shape index (κ1) is 41.3. The Bertz CT molecular complexity index is 1350. The maximum absolute atomic E-state index is 8.00. The molecule has 0 saturated heterocycles. The maximum Gasteiger partial charge on any atom is 4.00 e. The molecule has 0 aromatic heterocycles. The minimum absolute atomic E-state index is 0. The third-order valence-electron chi connectivity index (χ3n) is 6.36. The van der Waals surface area contributed by atoms with Gasteiger partial charge < -0.3 is 52.1 Å². The van der Waals surface area contributed by atoms with Crippen LogP contribution in [0.4, 0.5) is 0 Å². The largest absolute Gasteiger partial charge is 4.00 e. The molecule has 5 rings (SSSR count). The SMILES string of the molecule is C=O.C=O.CC(C)CNC1(c2ccccc2)[C-]=C(c2ccccc2)C(c2ccccc2)=C1c1ccccc1.[Cl-].[Cl-].[Cl-].[Ru+4]. The summed E-state index contributed by atoms with van der Waals surface area (Å²) in [6.07, 6.45) is 4.02. The number of benzene rings is 4. The van der Waals surface area contributed by atoms with E-state index in [0.29, 0.717) is 5.92 Å². The molecule has 0 heterocycles. The van der Waals surface area contributed by atoms with Gasteiger partial charge in [0.25, 0.3) is 0 Å². The van der Waals surface area contributed by atoms with E-state index in [0.717, 1.165) is 12.1 Å². The second-order valence-corrected chi connectivity index (χ2v) is 9.24. The van der Waals surface area contributed by atoms with Gasteiger partial charge in [0.2, 0.25) is 0 Å². The summed E-state index contributed by atoms with van der Waals surface area (Å²) in [4.78, 5) is 16.0. The van der Waals surface area contributed by atoms with Crippen molar-refractivity contribution < 1.29 is 66.3 Å². The monoisotopic (exact) mass is 707 g/mol. The molecule has 1 N–H and O–H groups in total. The maximum atomic E-state index is 8.00. The number of carbonyl (C=O) groups excluding carboxylic acids is 2. The van der Waals surface area contributed by atoms with E-state index in [1.807, 2.05) is 13.6 Å². The molecular formula is C35H34Cl3NO2Ru. The molecule has 0 bridgehead atoms. The first-order chi connectivity index (χ1) is 18.7. The van der Waals surface area contributed by atoms with E-state index in [1.54, 1.807) is 0 Å². The van der Waals surface area contributed by atoms with Gasteiger partial charge in [0, 0.05) is 5.54 Å². The molecule has 220 valence electrons. The summed E-state index contributed by atoms with van der Waals surface area (Å²) in [7, 11) is 0. The van der Waals surface area contributed by atoms with Gasteiger partial charge in [0.15, 0.2) is 0 Å². The number of hydrogen-bond acceptors (Lipinski definition) is 3. The average molecular weight is 708 g/mol. The van der Waals surface area contributed by atoms with Crippen LogP contribution in [0.5, 0.6) is 0 Å². The van der Waals surface area contributed by atoms with E-state index in [2.05, 4.69) is 147 Å². The summed E-state index contributed by atoms with van der Waals surface area (Å²) in [6, 6.07) is 43.0. The Morgan fingerprint density at radius 1 is 0.619 bits per heavy atom.